The Morgan fingerprint density at radius 3 is 2.63 bits per heavy atom. The van der Waals surface area contributed by atoms with Crippen molar-refractivity contribution < 1.29 is 33.7 Å². The van der Waals surface area contributed by atoms with E-state index in [1.807, 2.05) is 6.07 Å². The fourth-order valence-corrected chi connectivity index (χ4v) is 4.55. The molecule has 1 atom stereocenters. The molecule has 0 aliphatic carbocycles. The van der Waals surface area contributed by atoms with Gasteiger partial charge >= 0.3 is 0 Å². The summed E-state index contributed by atoms with van der Waals surface area (Å²) in [6.45, 7) is 6.89. The molecular formula is C26H34BFN4O6. The van der Waals surface area contributed by atoms with E-state index in [4.69, 9.17) is 4.74 Å². The molecule has 38 heavy (non-hydrogen) atoms. The molecule has 2 amide bonds. The van der Waals surface area contributed by atoms with Crippen molar-refractivity contribution in [1.82, 2.24) is 20.4 Å². The van der Waals surface area contributed by atoms with Gasteiger partial charge in [-0.2, -0.15) is 0 Å². The molecule has 0 radical (unpaired) electrons. The van der Waals surface area contributed by atoms with E-state index in [0.717, 1.165) is 18.7 Å². The molecule has 0 saturated carbocycles. The van der Waals surface area contributed by atoms with E-state index >= 15 is 0 Å². The van der Waals surface area contributed by atoms with E-state index in [2.05, 4.69) is 22.1 Å². The summed E-state index contributed by atoms with van der Waals surface area (Å²) in [7, 11) is 3.08. The summed E-state index contributed by atoms with van der Waals surface area (Å²) < 4.78 is 20.2. The second-order valence-electron chi connectivity index (χ2n) is 9.25. The van der Waals surface area contributed by atoms with Gasteiger partial charge in [-0.25, -0.2) is 4.39 Å². The average molecular weight is 528 g/mol. The van der Waals surface area contributed by atoms with Crippen LogP contribution < -0.4 is 10.6 Å². The third-order valence-corrected chi connectivity index (χ3v) is 6.72. The van der Waals surface area contributed by atoms with Crippen LogP contribution in [0.25, 0.3) is 0 Å². The van der Waals surface area contributed by atoms with Crippen LogP contribution in [0.4, 0.5) is 4.39 Å². The summed E-state index contributed by atoms with van der Waals surface area (Å²) in [6.07, 6.45) is 0.798. The molecule has 3 rings (SSSR count). The van der Waals surface area contributed by atoms with Crippen LogP contribution in [-0.2, 0) is 32.2 Å². The molecule has 0 spiro atoms. The zero-order valence-corrected chi connectivity index (χ0v) is 21.8. The zero-order chi connectivity index (χ0) is 27.8. The number of rotatable bonds is 11. The largest absolute Gasteiger partial charge is 0.505 e. The second kappa shape index (κ2) is 13.2. The van der Waals surface area contributed by atoms with Crippen LogP contribution in [0.1, 0.15) is 24.0 Å². The van der Waals surface area contributed by atoms with Crippen LogP contribution in [-0.4, -0.2) is 91.9 Å². The van der Waals surface area contributed by atoms with Crippen LogP contribution in [0.3, 0.4) is 0 Å². The minimum absolute atomic E-state index is 0.0523. The Morgan fingerprint density at radius 2 is 2.03 bits per heavy atom. The molecule has 2 saturated heterocycles. The number of halogens is 1. The highest BCUT2D eigenvalue weighted by molar-refractivity contribution is 6.23. The molecule has 0 aromatic heterocycles. The summed E-state index contributed by atoms with van der Waals surface area (Å²) in [5.41, 5.74) is 1.84. The highest BCUT2D eigenvalue weighted by atomic mass is 19.1. The van der Waals surface area contributed by atoms with Crippen molar-refractivity contribution in [2.45, 2.75) is 32.0 Å². The Kier molecular flexibility index (Phi) is 10.1. The molecule has 1 unspecified atom stereocenters. The minimum atomic E-state index is -0.964. The molecule has 0 bridgehead atoms. The Hall–Kier alpha value is -3.64. The summed E-state index contributed by atoms with van der Waals surface area (Å²) >= 11 is 0. The van der Waals surface area contributed by atoms with Gasteiger partial charge in [-0.3, -0.25) is 14.5 Å². The van der Waals surface area contributed by atoms with Crippen molar-refractivity contribution in [2.24, 2.45) is 0 Å². The van der Waals surface area contributed by atoms with E-state index in [0.29, 0.717) is 42.8 Å². The number of nitrogens with one attached hydrogen (secondary N) is 2. The molecule has 1 aromatic rings. The van der Waals surface area contributed by atoms with Crippen molar-refractivity contribution in [3.05, 3.63) is 70.0 Å². The molecule has 1 aromatic carbocycles. The number of hydrogen-bond acceptors (Lipinski definition) is 8. The van der Waals surface area contributed by atoms with Gasteiger partial charge in [-0.15, -0.1) is 0 Å². The molecule has 204 valence electrons. The lowest BCUT2D eigenvalue weighted by Gasteiger charge is -2.26. The maximum atomic E-state index is 14.9. The van der Waals surface area contributed by atoms with Gasteiger partial charge < -0.3 is 35.3 Å². The van der Waals surface area contributed by atoms with Crippen molar-refractivity contribution >= 4 is 25.9 Å². The molecule has 2 heterocycles. The van der Waals surface area contributed by atoms with E-state index in [9.17, 15) is 29.0 Å². The number of morpholine rings is 1. The number of aldehydes is 1. The SMILES string of the molecule is B/C(NCc1ccc(CN2CCOCC2)cc1F)=C1/CN(C(CCC=O)C(=O)NC)C(=O)/C1=C(\O)C(=C)O. The number of aliphatic hydroxyl groups is 2. The lowest BCUT2D eigenvalue weighted by atomic mass is 9.93. The Labute approximate surface area is 222 Å². The number of amides is 2. The number of benzene rings is 1. The Morgan fingerprint density at radius 1 is 1.32 bits per heavy atom. The molecule has 12 heteroatoms. The van der Waals surface area contributed by atoms with E-state index < -0.39 is 29.4 Å². The third kappa shape index (κ3) is 6.81. The number of nitrogens with zero attached hydrogens (tertiary/aromatic N) is 2. The highest BCUT2D eigenvalue weighted by Crippen LogP contribution is 2.31. The number of likely N-dealkylation sites (tertiary alicyclic amines) is 1. The monoisotopic (exact) mass is 528 g/mol. The molecule has 2 fully saturated rings. The summed E-state index contributed by atoms with van der Waals surface area (Å²) in [4.78, 5) is 40.1. The van der Waals surface area contributed by atoms with Crippen LogP contribution in [0.2, 0.25) is 0 Å². The first kappa shape index (κ1) is 28.9. The number of carbonyl (C=O) groups excluding carboxylic acids is 3. The average Bonchev–Trinajstić information content (AvgIpc) is 3.24. The van der Waals surface area contributed by atoms with Crippen molar-refractivity contribution in [2.75, 3.05) is 39.9 Å². The normalized spacial score (nSPS) is 19.6. The van der Waals surface area contributed by atoms with Gasteiger partial charge in [0, 0.05) is 51.8 Å². The van der Waals surface area contributed by atoms with Gasteiger partial charge in [-0.05, 0) is 29.2 Å². The number of likely N-dealkylation sites (N-methyl/N-ethyl adjacent to an activating group) is 1. The first-order chi connectivity index (χ1) is 18.2. The van der Waals surface area contributed by atoms with Gasteiger partial charge in [-0.1, -0.05) is 18.7 Å². The lowest BCUT2D eigenvalue weighted by Crippen LogP contribution is -2.46. The fourth-order valence-electron chi connectivity index (χ4n) is 4.55. The quantitative estimate of drug-likeness (QED) is 0.141. The molecule has 2 aliphatic rings. The zero-order valence-electron chi connectivity index (χ0n) is 21.8. The number of hydrogen-bond donors (Lipinski definition) is 4. The van der Waals surface area contributed by atoms with Gasteiger partial charge in [0.05, 0.1) is 18.8 Å². The second-order valence-corrected chi connectivity index (χ2v) is 9.25. The Balaban J connectivity index is 1.82. The maximum absolute atomic E-state index is 14.9. The number of aliphatic hydroxyl groups excluding tert-OH is 2. The van der Waals surface area contributed by atoms with E-state index in [1.54, 1.807) is 13.9 Å². The minimum Gasteiger partial charge on any atom is -0.505 e. The molecule has 4 N–H and O–H groups in total. The van der Waals surface area contributed by atoms with Gasteiger partial charge in [0.25, 0.3) is 5.91 Å². The van der Waals surface area contributed by atoms with Crippen molar-refractivity contribution in [1.29, 1.82) is 0 Å². The molecule has 10 nitrogen and oxygen atoms in total. The number of carbonyl (C=O) groups is 3. The van der Waals surface area contributed by atoms with Crippen molar-refractivity contribution in [3.8, 4) is 0 Å². The standard InChI is InChI=1S/C26H34BFN4O6/c1-16(34)23(35)22-19(15-32(26(22)37)21(4-3-9-33)25(36)29-2)24(27)30-13-18-6-5-17(12-20(18)28)14-31-7-10-38-11-8-31/h5-6,9,12,21,30,34-35H,1,3-4,7-8,10-11,13-15,27H2,2H3,(H,29,36)/b23-22-,24-19+. The van der Waals surface area contributed by atoms with Gasteiger partial charge in [0.15, 0.2) is 19.4 Å². The van der Waals surface area contributed by atoms with Crippen LogP contribution in [0.15, 0.2) is 53.0 Å². The first-order valence-corrected chi connectivity index (χ1v) is 12.5. The van der Waals surface area contributed by atoms with Crippen LogP contribution in [0.5, 0.6) is 0 Å². The molecular weight excluding hydrogens is 494 g/mol. The smallest absolute Gasteiger partial charge is 0.259 e. The fraction of sp³-hybridized carbons (Fsp3) is 0.423. The van der Waals surface area contributed by atoms with Crippen LogP contribution in [0, 0.1) is 5.82 Å². The van der Waals surface area contributed by atoms with Gasteiger partial charge in [0.1, 0.15) is 18.1 Å². The summed E-state index contributed by atoms with van der Waals surface area (Å²) in [5, 5.41) is 25.9. The number of ether oxygens (including phenoxy) is 1. The topological polar surface area (TPSA) is 131 Å². The van der Waals surface area contributed by atoms with Crippen molar-refractivity contribution in [3.63, 3.8) is 0 Å². The lowest BCUT2D eigenvalue weighted by molar-refractivity contribution is -0.136. The van der Waals surface area contributed by atoms with Crippen LogP contribution >= 0.6 is 0 Å². The highest BCUT2D eigenvalue weighted by Gasteiger charge is 2.41. The first-order valence-electron chi connectivity index (χ1n) is 12.5. The predicted octanol–water partition coefficient (Wildman–Crippen LogP) is 0.412. The summed E-state index contributed by atoms with van der Waals surface area (Å²) in [6, 6.07) is 4.11. The maximum Gasteiger partial charge on any atom is 0.259 e. The molecule has 2 aliphatic heterocycles. The van der Waals surface area contributed by atoms with E-state index in [1.165, 1.54) is 18.0 Å². The summed E-state index contributed by atoms with van der Waals surface area (Å²) in [5.74, 6) is -2.94. The van der Waals surface area contributed by atoms with Gasteiger partial charge in [0.2, 0.25) is 5.91 Å². The predicted molar refractivity (Wildman–Crippen MR) is 141 cm³/mol. The third-order valence-electron chi connectivity index (χ3n) is 6.72. The van der Waals surface area contributed by atoms with E-state index in [-0.39, 0.29) is 37.3 Å². The Bertz CT molecular complexity index is 1150.